The normalized spacial score (nSPS) is 10.5. The second-order valence-corrected chi connectivity index (χ2v) is 4.53. The highest BCUT2D eigenvalue weighted by Crippen LogP contribution is 2.21. The number of aromatic nitrogens is 2. The number of rotatable bonds is 3. The zero-order valence-corrected chi connectivity index (χ0v) is 11.3. The molecule has 1 heterocycles. The number of methoxy groups -OCH3 is 1. The molecule has 4 nitrogen and oxygen atoms in total. The summed E-state index contributed by atoms with van der Waals surface area (Å²) in [7, 11) is 1.32. The van der Waals surface area contributed by atoms with Crippen LogP contribution in [0.4, 0.5) is 0 Å². The van der Waals surface area contributed by atoms with E-state index in [1.165, 1.54) is 12.7 Å². The lowest BCUT2D eigenvalue weighted by molar-refractivity contribution is 0.0587. The van der Waals surface area contributed by atoms with E-state index in [4.69, 9.17) is 0 Å². The Morgan fingerprint density at radius 1 is 1.16 bits per heavy atom. The number of nitrogens with zero attached hydrogens (tertiary/aromatic N) is 2. The van der Waals surface area contributed by atoms with Crippen LogP contribution in [-0.4, -0.2) is 23.0 Å². The van der Waals surface area contributed by atoms with Crippen LogP contribution in [-0.2, 0) is 4.74 Å². The van der Waals surface area contributed by atoms with Gasteiger partial charge in [-0.1, -0.05) is 38.1 Å². The standard InChI is InChI=1S/C15H16N2O2/c1-10(2)11-4-6-12(7-5-11)13-8-9-16-14(17-13)15(18)19-3/h4-10H,1-3H3. The van der Waals surface area contributed by atoms with Crippen LogP contribution in [0.1, 0.15) is 35.9 Å². The summed E-state index contributed by atoms with van der Waals surface area (Å²) < 4.78 is 4.61. The smallest absolute Gasteiger partial charge is 0.376 e. The molecule has 0 N–H and O–H groups in total. The van der Waals surface area contributed by atoms with Crippen molar-refractivity contribution in [1.29, 1.82) is 0 Å². The zero-order chi connectivity index (χ0) is 13.8. The summed E-state index contributed by atoms with van der Waals surface area (Å²) in [5.41, 5.74) is 2.94. The summed E-state index contributed by atoms with van der Waals surface area (Å²) in [4.78, 5) is 19.5. The Bertz CT molecular complexity index is 577. The Morgan fingerprint density at radius 2 is 1.84 bits per heavy atom. The van der Waals surface area contributed by atoms with E-state index in [-0.39, 0.29) is 5.82 Å². The molecule has 19 heavy (non-hydrogen) atoms. The minimum absolute atomic E-state index is 0.0768. The van der Waals surface area contributed by atoms with Gasteiger partial charge in [0.15, 0.2) is 0 Å². The predicted octanol–water partition coefficient (Wildman–Crippen LogP) is 3.05. The third-order valence-corrected chi connectivity index (χ3v) is 2.90. The van der Waals surface area contributed by atoms with Crippen LogP contribution >= 0.6 is 0 Å². The van der Waals surface area contributed by atoms with Crippen LogP contribution in [0.25, 0.3) is 11.3 Å². The summed E-state index contributed by atoms with van der Waals surface area (Å²) in [6.45, 7) is 4.30. The Balaban J connectivity index is 2.33. The number of esters is 1. The summed E-state index contributed by atoms with van der Waals surface area (Å²) in [6, 6.07) is 9.91. The molecule has 0 fully saturated rings. The quantitative estimate of drug-likeness (QED) is 0.792. The monoisotopic (exact) mass is 256 g/mol. The van der Waals surface area contributed by atoms with Gasteiger partial charge in [-0.15, -0.1) is 0 Å². The molecule has 0 bridgehead atoms. The van der Waals surface area contributed by atoms with Crippen molar-refractivity contribution in [3.05, 3.63) is 47.9 Å². The molecule has 4 heteroatoms. The first kappa shape index (κ1) is 13.2. The topological polar surface area (TPSA) is 52.1 Å². The highest BCUT2D eigenvalue weighted by Gasteiger charge is 2.10. The van der Waals surface area contributed by atoms with Crippen molar-refractivity contribution in [1.82, 2.24) is 9.97 Å². The van der Waals surface area contributed by atoms with E-state index in [0.717, 1.165) is 5.56 Å². The molecule has 0 aliphatic carbocycles. The zero-order valence-electron chi connectivity index (χ0n) is 11.3. The summed E-state index contributed by atoms with van der Waals surface area (Å²) in [6.07, 6.45) is 1.56. The molecule has 0 unspecified atom stereocenters. The molecule has 0 aliphatic heterocycles. The van der Waals surface area contributed by atoms with Crippen molar-refractivity contribution in [3.63, 3.8) is 0 Å². The maximum absolute atomic E-state index is 11.4. The third kappa shape index (κ3) is 2.96. The Kier molecular flexibility index (Phi) is 3.90. The van der Waals surface area contributed by atoms with Crippen molar-refractivity contribution >= 4 is 5.97 Å². The van der Waals surface area contributed by atoms with Crippen LogP contribution in [0.5, 0.6) is 0 Å². The summed E-state index contributed by atoms with van der Waals surface area (Å²) >= 11 is 0. The molecule has 0 saturated carbocycles. The molecule has 0 radical (unpaired) electrons. The summed E-state index contributed by atoms with van der Waals surface area (Å²) in [5.74, 6) is 0.0404. The first-order valence-corrected chi connectivity index (χ1v) is 6.13. The molecule has 0 amide bonds. The fraction of sp³-hybridized carbons (Fsp3) is 0.267. The molecule has 2 aromatic rings. The fourth-order valence-corrected chi connectivity index (χ4v) is 1.75. The number of carbonyl (C=O) groups is 1. The van der Waals surface area contributed by atoms with Gasteiger partial charge < -0.3 is 4.74 Å². The van der Waals surface area contributed by atoms with Gasteiger partial charge in [0.05, 0.1) is 12.8 Å². The third-order valence-electron chi connectivity index (χ3n) is 2.90. The van der Waals surface area contributed by atoms with Crippen molar-refractivity contribution < 1.29 is 9.53 Å². The SMILES string of the molecule is COC(=O)c1nccc(-c2ccc(C(C)C)cc2)n1. The van der Waals surface area contributed by atoms with E-state index in [9.17, 15) is 4.79 Å². The average Bonchev–Trinajstić information content (AvgIpc) is 2.46. The van der Waals surface area contributed by atoms with Crippen molar-refractivity contribution in [2.75, 3.05) is 7.11 Å². The van der Waals surface area contributed by atoms with Crippen molar-refractivity contribution in [2.24, 2.45) is 0 Å². The van der Waals surface area contributed by atoms with Gasteiger partial charge in [0.25, 0.3) is 0 Å². The number of hydrogen-bond acceptors (Lipinski definition) is 4. The van der Waals surface area contributed by atoms with Gasteiger partial charge in [-0.05, 0) is 17.5 Å². The lowest BCUT2D eigenvalue weighted by Gasteiger charge is -2.07. The van der Waals surface area contributed by atoms with Crippen LogP contribution in [0.15, 0.2) is 36.5 Å². The molecule has 1 aromatic carbocycles. The van der Waals surface area contributed by atoms with E-state index in [1.54, 1.807) is 12.3 Å². The molecule has 0 atom stereocenters. The maximum atomic E-state index is 11.4. The lowest BCUT2D eigenvalue weighted by Crippen LogP contribution is -2.07. The van der Waals surface area contributed by atoms with Crippen LogP contribution in [0.3, 0.4) is 0 Å². The Hall–Kier alpha value is -2.23. The summed E-state index contributed by atoms with van der Waals surface area (Å²) in [5, 5.41) is 0. The van der Waals surface area contributed by atoms with Gasteiger partial charge in [0, 0.05) is 11.8 Å². The molecule has 0 saturated heterocycles. The van der Waals surface area contributed by atoms with Gasteiger partial charge in [-0.2, -0.15) is 0 Å². The minimum atomic E-state index is -0.527. The largest absolute Gasteiger partial charge is 0.463 e. The van der Waals surface area contributed by atoms with Crippen molar-refractivity contribution in [2.45, 2.75) is 19.8 Å². The van der Waals surface area contributed by atoms with E-state index in [1.807, 2.05) is 12.1 Å². The first-order valence-electron chi connectivity index (χ1n) is 6.13. The number of ether oxygens (including phenoxy) is 1. The second-order valence-electron chi connectivity index (χ2n) is 4.53. The van der Waals surface area contributed by atoms with Gasteiger partial charge >= 0.3 is 5.97 Å². The molecular formula is C15H16N2O2. The maximum Gasteiger partial charge on any atom is 0.376 e. The van der Waals surface area contributed by atoms with Gasteiger partial charge in [0.2, 0.25) is 5.82 Å². The van der Waals surface area contributed by atoms with Crippen molar-refractivity contribution in [3.8, 4) is 11.3 Å². The predicted molar refractivity (Wildman–Crippen MR) is 72.9 cm³/mol. The van der Waals surface area contributed by atoms with Crippen LogP contribution < -0.4 is 0 Å². The number of carbonyl (C=O) groups excluding carboxylic acids is 1. The molecular weight excluding hydrogens is 240 g/mol. The molecule has 98 valence electrons. The van der Waals surface area contributed by atoms with E-state index in [2.05, 4.69) is 40.7 Å². The lowest BCUT2D eigenvalue weighted by atomic mass is 10.0. The second kappa shape index (κ2) is 5.61. The van der Waals surface area contributed by atoms with Crippen LogP contribution in [0, 0.1) is 0 Å². The first-order chi connectivity index (χ1) is 9.11. The molecule has 2 rings (SSSR count). The van der Waals surface area contributed by atoms with Gasteiger partial charge in [-0.25, -0.2) is 14.8 Å². The van der Waals surface area contributed by atoms with Crippen LogP contribution in [0.2, 0.25) is 0 Å². The van der Waals surface area contributed by atoms with E-state index < -0.39 is 5.97 Å². The highest BCUT2D eigenvalue weighted by atomic mass is 16.5. The Morgan fingerprint density at radius 3 is 2.42 bits per heavy atom. The molecule has 0 aliphatic rings. The van der Waals surface area contributed by atoms with E-state index >= 15 is 0 Å². The molecule has 0 spiro atoms. The van der Waals surface area contributed by atoms with Gasteiger partial charge in [0.1, 0.15) is 0 Å². The minimum Gasteiger partial charge on any atom is -0.463 e. The number of benzene rings is 1. The average molecular weight is 256 g/mol. The highest BCUT2D eigenvalue weighted by molar-refractivity contribution is 5.85. The fourth-order valence-electron chi connectivity index (χ4n) is 1.75. The Labute approximate surface area is 112 Å². The van der Waals surface area contributed by atoms with Gasteiger partial charge in [-0.3, -0.25) is 0 Å². The number of hydrogen-bond donors (Lipinski definition) is 0. The van der Waals surface area contributed by atoms with E-state index in [0.29, 0.717) is 11.6 Å². The molecule has 1 aromatic heterocycles.